The van der Waals surface area contributed by atoms with Crippen molar-refractivity contribution >= 4 is 34.8 Å². The van der Waals surface area contributed by atoms with Gasteiger partial charge in [-0.2, -0.15) is 0 Å². The van der Waals surface area contributed by atoms with Crippen LogP contribution < -0.4 is 15.5 Å². The van der Waals surface area contributed by atoms with Crippen LogP contribution in [-0.4, -0.2) is 24.3 Å². The van der Waals surface area contributed by atoms with E-state index >= 15 is 0 Å². The van der Waals surface area contributed by atoms with Gasteiger partial charge in [0.05, 0.1) is 5.92 Å². The monoisotopic (exact) mass is 379 g/mol. The Morgan fingerprint density at radius 1 is 1.04 bits per heavy atom. The van der Waals surface area contributed by atoms with Crippen LogP contribution in [0.1, 0.15) is 38.7 Å². The summed E-state index contributed by atoms with van der Waals surface area (Å²) in [5, 5.41) is 5.53. The number of nitrogens with one attached hydrogen (secondary N) is 2. The highest BCUT2D eigenvalue weighted by atomic mass is 16.2. The number of benzene rings is 2. The van der Waals surface area contributed by atoms with Crippen LogP contribution in [0.25, 0.3) is 0 Å². The van der Waals surface area contributed by atoms with Crippen LogP contribution >= 0.6 is 0 Å². The van der Waals surface area contributed by atoms with Crippen molar-refractivity contribution in [3.05, 3.63) is 54.1 Å². The van der Waals surface area contributed by atoms with E-state index in [9.17, 15) is 14.4 Å². The molecule has 1 fully saturated rings. The van der Waals surface area contributed by atoms with Gasteiger partial charge in [0, 0.05) is 37.0 Å². The molecule has 2 N–H and O–H groups in total. The summed E-state index contributed by atoms with van der Waals surface area (Å²) < 4.78 is 0. The molecule has 1 heterocycles. The molecule has 28 heavy (non-hydrogen) atoms. The van der Waals surface area contributed by atoms with Crippen molar-refractivity contribution in [2.75, 3.05) is 22.1 Å². The van der Waals surface area contributed by atoms with Gasteiger partial charge in [-0.3, -0.25) is 14.4 Å². The summed E-state index contributed by atoms with van der Waals surface area (Å²) in [6.07, 6.45) is 0.184. The molecule has 3 rings (SSSR count). The average Bonchev–Trinajstić information content (AvgIpc) is 3.03. The van der Waals surface area contributed by atoms with Gasteiger partial charge in [-0.15, -0.1) is 0 Å². The zero-order valence-electron chi connectivity index (χ0n) is 16.4. The summed E-state index contributed by atoms with van der Waals surface area (Å²) in [7, 11) is 0. The predicted molar refractivity (Wildman–Crippen MR) is 110 cm³/mol. The van der Waals surface area contributed by atoms with Gasteiger partial charge in [0.15, 0.2) is 0 Å². The maximum Gasteiger partial charge on any atom is 0.229 e. The largest absolute Gasteiger partial charge is 0.326 e. The smallest absolute Gasteiger partial charge is 0.229 e. The van der Waals surface area contributed by atoms with Gasteiger partial charge in [-0.25, -0.2) is 0 Å². The van der Waals surface area contributed by atoms with Crippen molar-refractivity contribution in [1.29, 1.82) is 0 Å². The Morgan fingerprint density at radius 3 is 2.29 bits per heavy atom. The molecule has 146 valence electrons. The summed E-state index contributed by atoms with van der Waals surface area (Å²) >= 11 is 0. The van der Waals surface area contributed by atoms with Gasteiger partial charge >= 0.3 is 0 Å². The molecule has 0 bridgehead atoms. The Kier molecular flexibility index (Phi) is 5.78. The van der Waals surface area contributed by atoms with Crippen molar-refractivity contribution in [3.8, 4) is 0 Å². The minimum absolute atomic E-state index is 0.0514. The number of carbonyl (C=O) groups excluding carboxylic acids is 3. The fourth-order valence-electron chi connectivity index (χ4n) is 3.29. The lowest BCUT2D eigenvalue weighted by Gasteiger charge is -2.18. The molecule has 0 saturated carbocycles. The molecule has 0 spiro atoms. The maximum absolute atomic E-state index is 12.6. The van der Waals surface area contributed by atoms with E-state index in [1.165, 1.54) is 12.5 Å². The molecular formula is C22H25N3O3. The molecule has 2 aromatic carbocycles. The lowest BCUT2D eigenvalue weighted by molar-refractivity contribution is -0.122. The Bertz CT molecular complexity index is 890. The van der Waals surface area contributed by atoms with Gasteiger partial charge in [-0.1, -0.05) is 32.0 Å². The molecule has 0 aliphatic carbocycles. The second-order valence-electron chi connectivity index (χ2n) is 7.40. The highest BCUT2D eigenvalue weighted by Gasteiger charge is 2.35. The molecule has 1 aliphatic rings. The second-order valence-corrected chi connectivity index (χ2v) is 7.40. The Labute approximate surface area is 164 Å². The fraction of sp³-hybridized carbons (Fsp3) is 0.318. The normalized spacial score (nSPS) is 16.4. The lowest BCUT2D eigenvalue weighted by atomic mass is 10.0. The molecule has 3 amide bonds. The molecule has 0 radical (unpaired) electrons. The molecule has 1 aliphatic heterocycles. The van der Waals surface area contributed by atoms with Gasteiger partial charge < -0.3 is 15.5 Å². The SMILES string of the molecule is CC(=O)Nc1cccc(NC(=O)C2CC(=O)N(c3ccc(C(C)C)cc3)C2)c1. The summed E-state index contributed by atoms with van der Waals surface area (Å²) in [4.78, 5) is 37.9. The van der Waals surface area contributed by atoms with Crippen molar-refractivity contribution in [1.82, 2.24) is 0 Å². The van der Waals surface area contributed by atoms with Crippen molar-refractivity contribution < 1.29 is 14.4 Å². The predicted octanol–water partition coefficient (Wildman–Crippen LogP) is 3.76. The minimum atomic E-state index is -0.415. The number of amides is 3. The Balaban J connectivity index is 1.66. The highest BCUT2D eigenvalue weighted by molar-refractivity contribution is 6.03. The number of anilines is 3. The van der Waals surface area contributed by atoms with Crippen molar-refractivity contribution in [2.24, 2.45) is 5.92 Å². The van der Waals surface area contributed by atoms with Gasteiger partial charge in [-0.05, 0) is 41.8 Å². The highest BCUT2D eigenvalue weighted by Crippen LogP contribution is 2.28. The maximum atomic E-state index is 12.6. The number of hydrogen-bond acceptors (Lipinski definition) is 3. The Hall–Kier alpha value is -3.15. The van der Waals surface area contributed by atoms with Crippen LogP contribution in [0.4, 0.5) is 17.1 Å². The third-order valence-corrected chi connectivity index (χ3v) is 4.82. The zero-order chi connectivity index (χ0) is 20.3. The van der Waals surface area contributed by atoms with E-state index < -0.39 is 5.92 Å². The van der Waals surface area contributed by atoms with Crippen LogP contribution in [0.15, 0.2) is 48.5 Å². The first-order valence-electron chi connectivity index (χ1n) is 9.42. The van der Waals surface area contributed by atoms with Crippen LogP contribution in [0.2, 0.25) is 0 Å². The quantitative estimate of drug-likeness (QED) is 0.830. The number of hydrogen-bond donors (Lipinski definition) is 2. The molecule has 2 aromatic rings. The van der Waals surface area contributed by atoms with E-state index in [4.69, 9.17) is 0 Å². The third-order valence-electron chi connectivity index (χ3n) is 4.82. The first kappa shape index (κ1) is 19.6. The minimum Gasteiger partial charge on any atom is -0.326 e. The number of nitrogens with zero attached hydrogens (tertiary/aromatic N) is 1. The third kappa shape index (κ3) is 4.57. The molecule has 6 heteroatoms. The van der Waals surface area contributed by atoms with E-state index in [1.54, 1.807) is 29.2 Å². The Morgan fingerprint density at radius 2 is 1.68 bits per heavy atom. The first-order chi connectivity index (χ1) is 13.3. The fourth-order valence-corrected chi connectivity index (χ4v) is 3.29. The van der Waals surface area contributed by atoms with E-state index in [-0.39, 0.29) is 24.1 Å². The van der Waals surface area contributed by atoms with E-state index in [0.717, 1.165) is 5.69 Å². The zero-order valence-corrected chi connectivity index (χ0v) is 16.4. The molecular weight excluding hydrogens is 354 g/mol. The van der Waals surface area contributed by atoms with E-state index in [1.807, 2.05) is 24.3 Å². The molecule has 6 nitrogen and oxygen atoms in total. The lowest BCUT2D eigenvalue weighted by Crippen LogP contribution is -2.28. The van der Waals surface area contributed by atoms with Crippen LogP contribution in [-0.2, 0) is 14.4 Å². The first-order valence-corrected chi connectivity index (χ1v) is 9.42. The number of rotatable bonds is 5. The van der Waals surface area contributed by atoms with Crippen LogP contribution in [0, 0.1) is 5.92 Å². The van der Waals surface area contributed by atoms with Crippen molar-refractivity contribution in [2.45, 2.75) is 33.1 Å². The summed E-state index contributed by atoms with van der Waals surface area (Å²) in [5.41, 5.74) is 3.23. The number of carbonyl (C=O) groups is 3. The molecule has 1 saturated heterocycles. The summed E-state index contributed by atoms with van der Waals surface area (Å²) in [6, 6.07) is 14.9. The average molecular weight is 379 g/mol. The van der Waals surface area contributed by atoms with Gasteiger partial charge in [0.2, 0.25) is 17.7 Å². The summed E-state index contributed by atoms with van der Waals surface area (Å²) in [5.74, 6) is -0.417. The van der Waals surface area contributed by atoms with E-state index in [0.29, 0.717) is 23.8 Å². The molecule has 0 aromatic heterocycles. The summed E-state index contributed by atoms with van der Waals surface area (Å²) in [6.45, 7) is 6.03. The van der Waals surface area contributed by atoms with Crippen LogP contribution in [0.5, 0.6) is 0 Å². The van der Waals surface area contributed by atoms with E-state index in [2.05, 4.69) is 24.5 Å². The standard InChI is InChI=1S/C22H25N3O3/c1-14(2)16-7-9-20(10-8-16)25-13-17(11-21(25)27)22(28)24-19-6-4-5-18(12-19)23-15(3)26/h4-10,12,14,17H,11,13H2,1-3H3,(H,23,26)(H,24,28). The van der Waals surface area contributed by atoms with Gasteiger partial charge in [0.25, 0.3) is 0 Å². The molecule has 1 atom stereocenters. The molecule has 1 unspecified atom stereocenters. The topological polar surface area (TPSA) is 78.5 Å². The van der Waals surface area contributed by atoms with Crippen LogP contribution in [0.3, 0.4) is 0 Å². The van der Waals surface area contributed by atoms with Gasteiger partial charge in [0.1, 0.15) is 0 Å². The van der Waals surface area contributed by atoms with Crippen molar-refractivity contribution in [3.63, 3.8) is 0 Å². The second kappa shape index (κ2) is 8.25.